The lowest BCUT2D eigenvalue weighted by molar-refractivity contribution is 0.243. The predicted molar refractivity (Wildman–Crippen MR) is 71.5 cm³/mol. The highest BCUT2D eigenvalue weighted by molar-refractivity contribution is 7.89. The lowest BCUT2D eigenvalue weighted by Crippen LogP contribution is -2.44. The second-order valence-electron chi connectivity index (χ2n) is 5.08. The molecule has 2 N–H and O–H groups in total. The Labute approximate surface area is 113 Å². The van der Waals surface area contributed by atoms with Crippen LogP contribution in [-0.2, 0) is 10.0 Å². The van der Waals surface area contributed by atoms with Gasteiger partial charge in [0.1, 0.15) is 5.82 Å². The van der Waals surface area contributed by atoms with Crippen LogP contribution in [0.3, 0.4) is 0 Å². The van der Waals surface area contributed by atoms with Gasteiger partial charge in [0.05, 0.1) is 4.90 Å². The van der Waals surface area contributed by atoms with Crippen LogP contribution in [-0.4, -0.2) is 31.9 Å². The van der Waals surface area contributed by atoms with Crippen LogP contribution in [0.4, 0.5) is 4.39 Å². The molecule has 6 heteroatoms. The third-order valence-corrected chi connectivity index (χ3v) is 5.46. The maximum Gasteiger partial charge on any atom is 0.243 e. The quantitative estimate of drug-likeness (QED) is 0.917. The van der Waals surface area contributed by atoms with Crippen molar-refractivity contribution in [3.05, 3.63) is 30.1 Å². The summed E-state index contributed by atoms with van der Waals surface area (Å²) in [6, 6.07) is 5.10. The number of nitrogens with two attached hydrogens (primary N) is 1. The van der Waals surface area contributed by atoms with E-state index in [9.17, 15) is 12.8 Å². The summed E-state index contributed by atoms with van der Waals surface area (Å²) in [6.07, 6.45) is 1.73. The molecule has 1 saturated heterocycles. The summed E-state index contributed by atoms with van der Waals surface area (Å²) in [5.41, 5.74) is 5.85. The lowest BCUT2D eigenvalue weighted by atomic mass is 9.93. The molecule has 0 aromatic heterocycles. The number of benzene rings is 1. The van der Waals surface area contributed by atoms with E-state index < -0.39 is 15.8 Å². The van der Waals surface area contributed by atoms with Gasteiger partial charge >= 0.3 is 0 Å². The number of halogens is 1. The van der Waals surface area contributed by atoms with Crippen LogP contribution < -0.4 is 5.73 Å². The molecule has 1 aliphatic rings. The number of piperidine rings is 1. The lowest BCUT2D eigenvalue weighted by Gasteiger charge is -2.33. The molecule has 0 saturated carbocycles. The molecule has 1 fully saturated rings. The Kier molecular flexibility index (Phi) is 4.23. The largest absolute Gasteiger partial charge is 0.328 e. The molecule has 4 nitrogen and oxygen atoms in total. The summed E-state index contributed by atoms with van der Waals surface area (Å²) in [7, 11) is -3.61. The highest BCUT2D eigenvalue weighted by Crippen LogP contribution is 2.25. The molecule has 1 aromatic rings. The van der Waals surface area contributed by atoms with Crippen LogP contribution in [0.1, 0.15) is 19.8 Å². The van der Waals surface area contributed by atoms with Crippen molar-refractivity contribution in [3.8, 4) is 0 Å². The Hall–Kier alpha value is -0.980. The molecule has 0 radical (unpaired) electrons. The molecular weight excluding hydrogens is 267 g/mol. The summed E-state index contributed by atoms with van der Waals surface area (Å²) in [5, 5.41) is 0. The summed E-state index contributed by atoms with van der Waals surface area (Å²) < 4.78 is 39.4. The number of nitrogens with zero attached hydrogens (tertiary/aromatic N) is 1. The molecule has 0 amide bonds. The van der Waals surface area contributed by atoms with E-state index >= 15 is 0 Å². The SMILES string of the molecule is C[C@H](N)[C@H]1CCCN(S(=O)(=O)c2cccc(F)c2)C1. The molecule has 1 aromatic carbocycles. The fourth-order valence-electron chi connectivity index (χ4n) is 2.40. The van der Waals surface area contributed by atoms with Gasteiger partial charge in [-0.25, -0.2) is 12.8 Å². The Bertz CT molecular complexity index is 545. The molecule has 0 unspecified atom stereocenters. The zero-order chi connectivity index (χ0) is 14.0. The fraction of sp³-hybridized carbons (Fsp3) is 0.538. The maximum atomic E-state index is 13.2. The Morgan fingerprint density at radius 1 is 1.47 bits per heavy atom. The second-order valence-corrected chi connectivity index (χ2v) is 7.02. The van der Waals surface area contributed by atoms with Crippen LogP contribution in [0, 0.1) is 11.7 Å². The highest BCUT2D eigenvalue weighted by atomic mass is 32.2. The number of rotatable bonds is 3. The minimum Gasteiger partial charge on any atom is -0.328 e. The molecule has 0 bridgehead atoms. The van der Waals surface area contributed by atoms with Gasteiger partial charge in [0.2, 0.25) is 10.0 Å². The van der Waals surface area contributed by atoms with E-state index in [1.54, 1.807) is 0 Å². The van der Waals surface area contributed by atoms with Crippen LogP contribution in [0.15, 0.2) is 29.2 Å². The first kappa shape index (κ1) is 14.4. The summed E-state index contributed by atoms with van der Waals surface area (Å²) in [4.78, 5) is 0.0119. The van der Waals surface area contributed by atoms with Crippen molar-refractivity contribution < 1.29 is 12.8 Å². The van der Waals surface area contributed by atoms with Crippen LogP contribution >= 0.6 is 0 Å². The molecular formula is C13H19FN2O2S. The van der Waals surface area contributed by atoms with E-state index in [0.717, 1.165) is 18.9 Å². The van der Waals surface area contributed by atoms with Crippen molar-refractivity contribution in [1.29, 1.82) is 0 Å². The topological polar surface area (TPSA) is 63.4 Å². The molecule has 106 valence electrons. The first-order valence-electron chi connectivity index (χ1n) is 6.42. The molecule has 1 heterocycles. The van der Waals surface area contributed by atoms with E-state index in [1.165, 1.54) is 22.5 Å². The van der Waals surface area contributed by atoms with Crippen molar-refractivity contribution in [2.75, 3.05) is 13.1 Å². The first-order chi connectivity index (χ1) is 8.91. The van der Waals surface area contributed by atoms with Crippen molar-refractivity contribution in [3.63, 3.8) is 0 Å². The predicted octanol–water partition coefficient (Wildman–Crippen LogP) is 1.57. The fourth-order valence-corrected chi connectivity index (χ4v) is 3.97. The second kappa shape index (κ2) is 5.56. The van der Waals surface area contributed by atoms with E-state index in [-0.39, 0.29) is 16.9 Å². The van der Waals surface area contributed by atoms with Crippen LogP contribution in [0.25, 0.3) is 0 Å². The van der Waals surface area contributed by atoms with E-state index in [1.807, 2.05) is 6.92 Å². The average molecular weight is 286 g/mol. The normalized spacial score (nSPS) is 23.2. The molecule has 2 rings (SSSR count). The first-order valence-corrected chi connectivity index (χ1v) is 7.86. The van der Waals surface area contributed by atoms with Crippen molar-refractivity contribution in [2.45, 2.75) is 30.7 Å². The minimum atomic E-state index is -3.61. The van der Waals surface area contributed by atoms with Crippen LogP contribution in [0.2, 0.25) is 0 Å². The Balaban J connectivity index is 2.24. The summed E-state index contributed by atoms with van der Waals surface area (Å²) >= 11 is 0. The minimum absolute atomic E-state index is 0.0119. The number of hydrogen-bond acceptors (Lipinski definition) is 3. The van der Waals surface area contributed by atoms with Gasteiger partial charge in [-0.15, -0.1) is 0 Å². The number of sulfonamides is 1. The van der Waals surface area contributed by atoms with E-state index in [4.69, 9.17) is 5.73 Å². The molecule has 1 aliphatic heterocycles. The molecule has 0 spiro atoms. The Morgan fingerprint density at radius 2 is 2.21 bits per heavy atom. The van der Waals surface area contributed by atoms with Crippen molar-refractivity contribution in [2.24, 2.45) is 11.7 Å². The zero-order valence-corrected chi connectivity index (χ0v) is 11.7. The van der Waals surface area contributed by atoms with Gasteiger partial charge in [0.15, 0.2) is 0 Å². The smallest absolute Gasteiger partial charge is 0.243 e. The standard InChI is InChI=1S/C13H19FN2O2S/c1-10(15)11-4-3-7-16(9-11)19(17,18)13-6-2-5-12(14)8-13/h2,5-6,8,10-11H,3-4,7,9,15H2,1H3/t10-,11-/m0/s1. The monoisotopic (exact) mass is 286 g/mol. The highest BCUT2D eigenvalue weighted by Gasteiger charge is 2.31. The number of hydrogen-bond donors (Lipinski definition) is 1. The van der Waals surface area contributed by atoms with Crippen molar-refractivity contribution in [1.82, 2.24) is 4.31 Å². The van der Waals surface area contributed by atoms with Gasteiger partial charge in [0, 0.05) is 19.1 Å². The van der Waals surface area contributed by atoms with Gasteiger partial charge in [-0.3, -0.25) is 0 Å². The van der Waals surface area contributed by atoms with Gasteiger partial charge < -0.3 is 5.73 Å². The maximum absolute atomic E-state index is 13.2. The van der Waals surface area contributed by atoms with Crippen molar-refractivity contribution >= 4 is 10.0 Å². The van der Waals surface area contributed by atoms with E-state index in [0.29, 0.717) is 13.1 Å². The Morgan fingerprint density at radius 3 is 2.84 bits per heavy atom. The molecule has 19 heavy (non-hydrogen) atoms. The van der Waals surface area contributed by atoms with Gasteiger partial charge in [-0.1, -0.05) is 6.07 Å². The average Bonchev–Trinajstić information content (AvgIpc) is 2.39. The zero-order valence-electron chi connectivity index (χ0n) is 10.9. The van der Waals surface area contributed by atoms with Gasteiger partial charge in [-0.05, 0) is 43.9 Å². The van der Waals surface area contributed by atoms with Gasteiger partial charge in [0.25, 0.3) is 0 Å². The third kappa shape index (κ3) is 3.13. The van der Waals surface area contributed by atoms with Crippen LogP contribution in [0.5, 0.6) is 0 Å². The van der Waals surface area contributed by atoms with Gasteiger partial charge in [-0.2, -0.15) is 4.31 Å². The summed E-state index contributed by atoms with van der Waals surface area (Å²) in [5.74, 6) is -0.376. The third-order valence-electron chi connectivity index (χ3n) is 3.60. The van der Waals surface area contributed by atoms with E-state index in [2.05, 4.69) is 0 Å². The summed E-state index contributed by atoms with van der Waals surface area (Å²) in [6.45, 7) is 2.78. The molecule has 2 atom stereocenters. The molecule has 0 aliphatic carbocycles.